The fourth-order valence-electron chi connectivity index (χ4n) is 2.59. The number of esters is 1. The molecule has 2 aromatic heterocycles. The van der Waals surface area contributed by atoms with E-state index in [1.807, 2.05) is 48.5 Å². The van der Waals surface area contributed by atoms with Gasteiger partial charge in [-0.3, -0.25) is 4.79 Å². The molecule has 1 atom stereocenters. The van der Waals surface area contributed by atoms with Crippen LogP contribution in [0.1, 0.15) is 24.6 Å². The van der Waals surface area contributed by atoms with Gasteiger partial charge < -0.3 is 13.7 Å². The zero-order valence-corrected chi connectivity index (χ0v) is 14.0. The maximum Gasteiger partial charge on any atom is 0.312 e. The third-order valence-corrected chi connectivity index (χ3v) is 3.88. The molecular formula is C19H15N3O4. The largest absolute Gasteiger partial charge is 0.452 e. The van der Waals surface area contributed by atoms with Crippen molar-refractivity contribution in [2.75, 3.05) is 0 Å². The van der Waals surface area contributed by atoms with Crippen molar-refractivity contribution in [3.8, 4) is 11.5 Å². The average Bonchev–Trinajstić information content (AvgIpc) is 3.30. The van der Waals surface area contributed by atoms with Gasteiger partial charge in [0.15, 0.2) is 11.7 Å². The number of carbonyl (C=O) groups excluding carboxylic acids is 1. The van der Waals surface area contributed by atoms with Gasteiger partial charge in [0.25, 0.3) is 5.89 Å². The summed E-state index contributed by atoms with van der Waals surface area (Å²) in [5.41, 5.74) is 1.97. The molecule has 7 nitrogen and oxygen atoms in total. The van der Waals surface area contributed by atoms with Gasteiger partial charge in [-0.15, -0.1) is 10.2 Å². The molecule has 0 N–H and O–H groups in total. The van der Waals surface area contributed by atoms with Gasteiger partial charge in [0.05, 0.1) is 6.42 Å². The van der Waals surface area contributed by atoms with E-state index in [4.69, 9.17) is 13.7 Å². The SMILES string of the molecule is C[C@H](OC(=O)Cc1noc2ccccc12)c1nnc(-c2ccccc2)o1. The lowest BCUT2D eigenvalue weighted by Gasteiger charge is -2.08. The van der Waals surface area contributed by atoms with Crippen LogP contribution < -0.4 is 0 Å². The van der Waals surface area contributed by atoms with E-state index in [0.717, 1.165) is 10.9 Å². The van der Waals surface area contributed by atoms with Crippen molar-refractivity contribution < 1.29 is 18.5 Å². The van der Waals surface area contributed by atoms with Crippen LogP contribution >= 0.6 is 0 Å². The Hall–Kier alpha value is -3.48. The molecular weight excluding hydrogens is 334 g/mol. The third kappa shape index (κ3) is 3.19. The van der Waals surface area contributed by atoms with Gasteiger partial charge in [0, 0.05) is 10.9 Å². The smallest absolute Gasteiger partial charge is 0.312 e. The molecule has 2 aromatic carbocycles. The van der Waals surface area contributed by atoms with Crippen molar-refractivity contribution >= 4 is 16.9 Å². The molecule has 4 rings (SSSR count). The van der Waals surface area contributed by atoms with Gasteiger partial charge >= 0.3 is 5.97 Å². The first-order valence-electron chi connectivity index (χ1n) is 8.12. The number of fused-ring (bicyclic) bond motifs is 1. The van der Waals surface area contributed by atoms with Crippen LogP contribution in [0.2, 0.25) is 0 Å². The molecule has 0 radical (unpaired) electrons. The molecule has 0 amide bonds. The fourth-order valence-corrected chi connectivity index (χ4v) is 2.59. The first-order chi connectivity index (χ1) is 12.7. The Bertz CT molecular complexity index is 1040. The number of ether oxygens (including phenoxy) is 1. The number of carbonyl (C=O) groups is 1. The summed E-state index contributed by atoms with van der Waals surface area (Å²) in [6.07, 6.45) is -0.660. The first-order valence-corrected chi connectivity index (χ1v) is 8.12. The number of benzene rings is 2. The Balaban J connectivity index is 1.44. The molecule has 7 heteroatoms. The predicted molar refractivity (Wildman–Crippen MR) is 92.0 cm³/mol. The minimum atomic E-state index is -0.661. The van der Waals surface area contributed by atoms with Crippen molar-refractivity contribution in [3.63, 3.8) is 0 Å². The number of hydrogen-bond donors (Lipinski definition) is 0. The van der Waals surface area contributed by atoms with Crippen molar-refractivity contribution in [2.45, 2.75) is 19.4 Å². The van der Waals surface area contributed by atoms with Gasteiger partial charge in [-0.1, -0.05) is 35.5 Å². The Labute approximate surface area is 148 Å². The minimum Gasteiger partial charge on any atom is -0.452 e. The molecule has 26 heavy (non-hydrogen) atoms. The highest BCUT2D eigenvalue weighted by atomic mass is 16.6. The zero-order chi connectivity index (χ0) is 17.9. The van der Waals surface area contributed by atoms with E-state index in [1.165, 1.54) is 0 Å². The standard InChI is InChI=1S/C19H15N3O4/c1-12(18-20-21-19(25-18)13-7-3-2-4-8-13)24-17(23)11-15-14-9-5-6-10-16(14)26-22-15/h2-10,12H,11H2,1H3/t12-/m0/s1. The van der Waals surface area contributed by atoms with E-state index in [-0.39, 0.29) is 12.3 Å². The van der Waals surface area contributed by atoms with Crippen molar-refractivity contribution in [2.24, 2.45) is 0 Å². The minimum absolute atomic E-state index is 0.00102. The molecule has 0 aliphatic carbocycles. The van der Waals surface area contributed by atoms with Crippen LogP contribution in [-0.2, 0) is 16.0 Å². The van der Waals surface area contributed by atoms with Gasteiger partial charge in [-0.2, -0.15) is 0 Å². The average molecular weight is 349 g/mol. The second kappa shape index (κ2) is 6.79. The maximum atomic E-state index is 12.2. The number of hydrogen-bond acceptors (Lipinski definition) is 7. The lowest BCUT2D eigenvalue weighted by molar-refractivity contribution is -0.148. The molecule has 0 fully saturated rings. The highest BCUT2D eigenvalue weighted by molar-refractivity contribution is 5.84. The molecule has 0 bridgehead atoms. The fraction of sp³-hybridized carbons (Fsp3) is 0.158. The van der Waals surface area contributed by atoms with Crippen LogP contribution in [0.3, 0.4) is 0 Å². The summed E-state index contributed by atoms with van der Waals surface area (Å²) < 4.78 is 16.2. The Morgan fingerprint density at radius 2 is 1.85 bits per heavy atom. The number of nitrogens with zero attached hydrogens (tertiary/aromatic N) is 3. The van der Waals surface area contributed by atoms with Crippen LogP contribution in [0.4, 0.5) is 0 Å². The van der Waals surface area contributed by atoms with Gasteiger partial charge in [0.2, 0.25) is 5.89 Å². The second-order valence-corrected chi connectivity index (χ2v) is 5.75. The second-order valence-electron chi connectivity index (χ2n) is 5.75. The van der Waals surface area contributed by atoms with Crippen molar-refractivity contribution in [1.82, 2.24) is 15.4 Å². The molecule has 0 saturated heterocycles. The molecule has 130 valence electrons. The highest BCUT2D eigenvalue weighted by Gasteiger charge is 2.20. The molecule has 0 aliphatic heterocycles. The van der Waals surface area contributed by atoms with E-state index >= 15 is 0 Å². The van der Waals surface area contributed by atoms with Crippen molar-refractivity contribution in [1.29, 1.82) is 0 Å². The molecule has 0 unspecified atom stereocenters. The number of para-hydroxylation sites is 1. The van der Waals surface area contributed by atoms with Crippen LogP contribution in [0.25, 0.3) is 22.4 Å². The Morgan fingerprint density at radius 1 is 1.08 bits per heavy atom. The van der Waals surface area contributed by atoms with Crippen LogP contribution in [0.5, 0.6) is 0 Å². The summed E-state index contributed by atoms with van der Waals surface area (Å²) in [4.78, 5) is 12.2. The monoisotopic (exact) mass is 349 g/mol. The number of aromatic nitrogens is 3. The summed E-state index contributed by atoms with van der Waals surface area (Å²) in [6, 6.07) is 16.7. The first kappa shape index (κ1) is 16.0. The Kier molecular flexibility index (Phi) is 4.18. The summed E-state index contributed by atoms with van der Waals surface area (Å²) in [7, 11) is 0. The summed E-state index contributed by atoms with van der Waals surface area (Å²) in [6.45, 7) is 1.68. The quantitative estimate of drug-likeness (QED) is 0.507. The summed E-state index contributed by atoms with van der Waals surface area (Å²) in [5.74, 6) is 0.171. The van der Waals surface area contributed by atoms with Gasteiger partial charge in [-0.25, -0.2) is 0 Å². The van der Waals surface area contributed by atoms with Gasteiger partial charge in [-0.05, 0) is 31.2 Å². The van der Waals surface area contributed by atoms with E-state index in [1.54, 1.807) is 13.0 Å². The normalized spacial score (nSPS) is 12.2. The highest BCUT2D eigenvalue weighted by Crippen LogP contribution is 2.23. The van der Waals surface area contributed by atoms with Crippen molar-refractivity contribution in [3.05, 3.63) is 66.2 Å². The predicted octanol–water partition coefficient (Wildman–Crippen LogP) is 3.72. The van der Waals surface area contributed by atoms with E-state index in [9.17, 15) is 4.79 Å². The summed E-state index contributed by atoms with van der Waals surface area (Å²) in [5, 5.41) is 12.7. The summed E-state index contributed by atoms with van der Waals surface area (Å²) >= 11 is 0. The van der Waals surface area contributed by atoms with Crippen LogP contribution in [-0.4, -0.2) is 21.3 Å². The Morgan fingerprint density at radius 3 is 2.69 bits per heavy atom. The molecule has 0 saturated carbocycles. The zero-order valence-electron chi connectivity index (χ0n) is 14.0. The third-order valence-electron chi connectivity index (χ3n) is 3.88. The van der Waals surface area contributed by atoms with E-state index in [0.29, 0.717) is 17.2 Å². The topological polar surface area (TPSA) is 91.2 Å². The van der Waals surface area contributed by atoms with Crippen LogP contribution in [0.15, 0.2) is 63.5 Å². The molecule has 4 aromatic rings. The van der Waals surface area contributed by atoms with Crippen LogP contribution in [0, 0.1) is 0 Å². The number of rotatable bonds is 5. The lowest BCUT2D eigenvalue weighted by Crippen LogP contribution is -2.12. The molecule has 0 spiro atoms. The van der Waals surface area contributed by atoms with E-state index < -0.39 is 12.1 Å². The maximum absolute atomic E-state index is 12.2. The lowest BCUT2D eigenvalue weighted by atomic mass is 10.2. The van der Waals surface area contributed by atoms with Gasteiger partial charge in [0.1, 0.15) is 5.69 Å². The van der Waals surface area contributed by atoms with E-state index in [2.05, 4.69) is 15.4 Å². The molecule has 0 aliphatic rings. The molecule has 2 heterocycles.